The molecule has 0 radical (unpaired) electrons. The van der Waals surface area contributed by atoms with E-state index in [9.17, 15) is 22.8 Å². The topological polar surface area (TPSA) is 68.5 Å². The first-order chi connectivity index (χ1) is 13.3. The molecule has 1 aromatic heterocycles. The zero-order valence-electron chi connectivity index (χ0n) is 14.5. The number of esters is 1. The van der Waals surface area contributed by atoms with E-state index in [1.54, 1.807) is 6.07 Å². The van der Waals surface area contributed by atoms with Gasteiger partial charge in [-0.2, -0.15) is 0 Å². The number of rotatable bonds is 5. The maximum absolute atomic E-state index is 13.8. The highest BCUT2D eigenvalue weighted by Crippen LogP contribution is 2.25. The van der Waals surface area contributed by atoms with Crippen LogP contribution in [0.15, 0.2) is 59.0 Å². The fourth-order valence-corrected chi connectivity index (χ4v) is 2.35. The molecule has 0 aliphatic rings. The van der Waals surface area contributed by atoms with Gasteiger partial charge in [0.1, 0.15) is 23.2 Å². The van der Waals surface area contributed by atoms with Gasteiger partial charge in [-0.1, -0.05) is 12.1 Å². The lowest BCUT2D eigenvalue weighted by molar-refractivity contribution is -0.123. The number of halogens is 3. The number of hydrogen-bond acceptors (Lipinski definition) is 4. The van der Waals surface area contributed by atoms with Crippen molar-refractivity contribution in [3.63, 3.8) is 0 Å². The lowest BCUT2D eigenvalue weighted by Gasteiger charge is -2.13. The summed E-state index contributed by atoms with van der Waals surface area (Å²) in [6, 6.07) is 11.2. The van der Waals surface area contributed by atoms with Crippen LogP contribution >= 0.6 is 0 Å². The second-order valence-electron chi connectivity index (χ2n) is 5.80. The SMILES string of the molecule is C[C@@H](OC(=O)c1ccc(-c2ccccc2F)o1)C(=O)Nc1ccc(F)cc1F. The van der Waals surface area contributed by atoms with Crippen molar-refractivity contribution in [3.05, 3.63) is 77.8 Å². The van der Waals surface area contributed by atoms with Crippen LogP contribution in [0.3, 0.4) is 0 Å². The smallest absolute Gasteiger partial charge is 0.375 e. The van der Waals surface area contributed by atoms with E-state index in [1.807, 2.05) is 0 Å². The molecule has 1 atom stereocenters. The molecule has 8 heteroatoms. The molecule has 0 unspecified atom stereocenters. The molecule has 3 rings (SSSR count). The monoisotopic (exact) mass is 389 g/mol. The van der Waals surface area contributed by atoms with Gasteiger partial charge in [0.05, 0.1) is 11.3 Å². The van der Waals surface area contributed by atoms with Crippen molar-refractivity contribution < 1.29 is 31.9 Å². The Kier molecular flexibility index (Phi) is 5.49. The Hall–Kier alpha value is -3.55. The quantitative estimate of drug-likeness (QED) is 0.650. The van der Waals surface area contributed by atoms with Gasteiger partial charge < -0.3 is 14.5 Å². The minimum absolute atomic E-state index is 0.121. The predicted octanol–water partition coefficient (Wildman–Crippen LogP) is 4.55. The lowest BCUT2D eigenvalue weighted by atomic mass is 10.1. The van der Waals surface area contributed by atoms with Crippen molar-refractivity contribution in [1.82, 2.24) is 0 Å². The van der Waals surface area contributed by atoms with Crippen molar-refractivity contribution in [2.75, 3.05) is 5.32 Å². The average Bonchev–Trinajstić information content (AvgIpc) is 3.14. The van der Waals surface area contributed by atoms with Gasteiger partial charge in [0.15, 0.2) is 6.10 Å². The molecule has 144 valence electrons. The molecule has 0 bridgehead atoms. The second kappa shape index (κ2) is 7.99. The van der Waals surface area contributed by atoms with E-state index in [0.717, 1.165) is 12.1 Å². The third-order valence-corrected chi connectivity index (χ3v) is 3.79. The highest BCUT2D eigenvalue weighted by Gasteiger charge is 2.22. The summed E-state index contributed by atoms with van der Waals surface area (Å²) in [5.74, 6) is -4.16. The summed E-state index contributed by atoms with van der Waals surface area (Å²) < 4.78 is 50.5. The summed E-state index contributed by atoms with van der Waals surface area (Å²) in [6.45, 7) is 1.27. The first-order valence-electron chi connectivity index (χ1n) is 8.17. The Balaban J connectivity index is 1.66. The molecule has 0 saturated carbocycles. The van der Waals surface area contributed by atoms with Gasteiger partial charge in [-0.25, -0.2) is 18.0 Å². The Morgan fingerprint density at radius 3 is 2.46 bits per heavy atom. The number of carbonyl (C=O) groups is 2. The van der Waals surface area contributed by atoms with Crippen LogP contribution in [0.2, 0.25) is 0 Å². The van der Waals surface area contributed by atoms with Gasteiger partial charge in [-0.05, 0) is 43.3 Å². The van der Waals surface area contributed by atoms with Gasteiger partial charge >= 0.3 is 5.97 Å². The first-order valence-corrected chi connectivity index (χ1v) is 8.17. The molecule has 5 nitrogen and oxygen atoms in total. The number of anilines is 1. The van der Waals surface area contributed by atoms with E-state index in [-0.39, 0.29) is 22.8 Å². The number of ether oxygens (including phenoxy) is 1. The van der Waals surface area contributed by atoms with Crippen molar-refractivity contribution >= 4 is 17.6 Å². The highest BCUT2D eigenvalue weighted by molar-refractivity contribution is 5.96. The number of carbonyl (C=O) groups excluding carboxylic acids is 2. The number of furan rings is 1. The van der Waals surface area contributed by atoms with E-state index in [0.29, 0.717) is 6.07 Å². The first kappa shape index (κ1) is 19.2. The van der Waals surface area contributed by atoms with Gasteiger partial charge in [-0.15, -0.1) is 0 Å². The van der Waals surface area contributed by atoms with Gasteiger partial charge in [0.2, 0.25) is 5.76 Å². The van der Waals surface area contributed by atoms with E-state index in [4.69, 9.17) is 9.15 Å². The van der Waals surface area contributed by atoms with Crippen LogP contribution in [0.25, 0.3) is 11.3 Å². The Labute approximate surface area is 157 Å². The van der Waals surface area contributed by atoms with Crippen molar-refractivity contribution in [3.8, 4) is 11.3 Å². The molecule has 2 aromatic carbocycles. The van der Waals surface area contributed by atoms with E-state index in [1.165, 1.54) is 37.3 Å². The van der Waals surface area contributed by atoms with E-state index < -0.39 is 35.4 Å². The van der Waals surface area contributed by atoms with Crippen molar-refractivity contribution in [2.45, 2.75) is 13.0 Å². The van der Waals surface area contributed by atoms with Crippen LogP contribution in [-0.4, -0.2) is 18.0 Å². The Bertz CT molecular complexity index is 1030. The summed E-state index contributed by atoms with van der Waals surface area (Å²) in [5, 5.41) is 2.19. The molecule has 1 N–H and O–H groups in total. The van der Waals surface area contributed by atoms with Crippen molar-refractivity contribution in [2.24, 2.45) is 0 Å². The molecule has 1 heterocycles. The fourth-order valence-electron chi connectivity index (χ4n) is 2.35. The molecule has 0 fully saturated rings. The summed E-state index contributed by atoms with van der Waals surface area (Å²) in [5.41, 5.74) is -0.0896. The van der Waals surface area contributed by atoms with Crippen LogP contribution < -0.4 is 5.32 Å². The summed E-state index contributed by atoms with van der Waals surface area (Å²) in [6.07, 6.45) is -1.29. The minimum atomic E-state index is -1.29. The lowest BCUT2D eigenvalue weighted by Crippen LogP contribution is -2.30. The summed E-state index contributed by atoms with van der Waals surface area (Å²) >= 11 is 0. The second-order valence-corrected chi connectivity index (χ2v) is 5.80. The molecular formula is C20H14F3NO4. The minimum Gasteiger partial charge on any atom is -0.449 e. The molecular weight excluding hydrogens is 375 g/mol. The molecule has 0 aliphatic carbocycles. The number of nitrogens with one attached hydrogen (secondary N) is 1. The normalized spacial score (nSPS) is 11.7. The van der Waals surface area contributed by atoms with Gasteiger partial charge in [0, 0.05) is 6.07 Å². The highest BCUT2D eigenvalue weighted by atomic mass is 19.1. The average molecular weight is 389 g/mol. The zero-order valence-corrected chi connectivity index (χ0v) is 14.5. The van der Waals surface area contributed by atoms with Gasteiger partial charge in [0.25, 0.3) is 5.91 Å². The van der Waals surface area contributed by atoms with Crippen LogP contribution in [0.4, 0.5) is 18.9 Å². The third kappa shape index (κ3) is 4.22. The van der Waals surface area contributed by atoms with Crippen LogP contribution in [-0.2, 0) is 9.53 Å². The number of benzene rings is 2. The summed E-state index contributed by atoms with van der Waals surface area (Å²) in [4.78, 5) is 24.2. The standard InChI is InChI=1S/C20H14F3NO4/c1-11(19(25)24-16-7-6-12(21)10-15(16)23)27-20(26)18-9-8-17(28-18)13-4-2-3-5-14(13)22/h2-11H,1H3,(H,24,25)/t11-/m1/s1. The largest absolute Gasteiger partial charge is 0.449 e. The maximum atomic E-state index is 13.8. The molecule has 0 saturated heterocycles. The maximum Gasteiger partial charge on any atom is 0.375 e. The molecule has 0 aliphatic heterocycles. The Morgan fingerprint density at radius 2 is 1.75 bits per heavy atom. The van der Waals surface area contributed by atoms with Crippen LogP contribution in [0.5, 0.6) is 0 Å². The predicted molar refractivity (Wildman–Crippen MR) is 94.0 cm³/mol. The summed E-state index contributed by atoms with van der Waals surface area (Å²) in [7, 11) is 0. The molecule has 1 amide bonds. The zero-order chi connectivity index (χ0) is 20.3. The molecule has 0 spiro atoms. The van der Waals surface area contributed by atoms with E-state index >= 15 is 0 Å². The fraction of sp³-hybridized carbons (Fsp3) is 0.100. The molecule has 3 aromatic rings. The number of hydrogen-bond donors (Lipinski definition) is 1. The van der Waals surface area contributed by atoms with Crippen LogP contribution in [0, 0.1) is 17.5 Å². The van der Waals surface area contributed by atoms with Crippen molar-refractivity contribution in [1.29, 1.82) is 0 Å². The third-order valence-electron chi connectivity index (χ3n) is 3.79. The van der Waals surface area contributed by atoms with E-state index in [2.05, 4.69) is 5.32 Å². The number of amides is 1. The van der Waals surface area contributed by atoms with Crippen LogP contribution in [0.1, 0.15) is 17.5 Å². The van der Waals surface area contributed by atoms with Gasteiger partial charge in [-0.3, -0.25) is 4.79 Å². The molecule has 28 heavy (non-hydrogen) atoms. The Morgan fingerprint density at radius 1 is 1.00 bits per heavy atom.